The lowest BCUT2D eigenvalue weighted by Crippen LogP contribution is -1.94. The van der Waals surface area contributed by atoms with Crippen LogP contribution in [0.25, 0.3) is 93.7 Å². The van der Waals surface area contributed by atoms with Crippen molar-refractivity contribution in [2.45, 2.75) is 0 Å². The molecule has 2 heterocycles. The van der Waals surface area contributed by atoms with Crippen molar-refractivity contribution in [1.82, 2.24) is 9.55 Å². The molecule has 7 aromatic carbocycles. The topological polar surface area (TPSA) is 17.8 Å². The second-order valence-corrected chi connectivity index (χ2v) is 11.9. The molecule has 0 fully saturated rings. The zero-order chi connectivity index (χ0) is 29.5. The van der Waals surface area contributed by atoms with Crippen molar-refractivity contribution in [2.24, 2.45) is 0 Å². The Morgan fingerprint density at radius 1 is 0.378 bits per heavy atom. The minimum atomic E-state index is 1.02. The Morgan fingerprint density at radius 2 is 1.00 bits per heavy atom. The van der Waals surface area contributed by atoms with Crippen LogP contribution in [0.2, 0.25) is 0 Å². The first-order chi connectivity index (χ1) is 22.3. The zero-order valence-electron chi connectivity index (χ0n) is 24.4. The van der Waals surface area contributed by atoms with Crippen LogP contribution < -0.4 is 0 Å². The molecule has 0 saturated carbocycles. The van der Waals surface area contributed by atoms with Crippen molar-refractivity contribution in [2.75, 3.05) is 0 Å². The van der Waals surface area contributed by atoms with E-state index >= 15 is 0 Å². The first-order valence-corrected chi connectivity index (χ1v) is 15.5. The average Bonchev–Trinajstić information content (AvgIpc) is 3.63. The molecule has 0 aliphatic heterocycles. The fraction of sp³-hybridized carbons (Fsp3) is 0. The number of nitrogens with zero attached hydrogens (tertiary/aromatic N) is 2. The molecule has 2 aromatic heterocycles. The van der Waals surface area contributed by atoms with E-state index in [-0.39, 0.29) is 0 Å². The Morgan fingerprint density at radius 3 is 1.82 bits per heavy atom. The lowest BCUT2D eigenvalue weighted by Gasteiger charge is -2.13. The van der Waals surface area contributed by atoms with Crippen LogP contribution in [0, 0.1) is 0 Å². The summed E-state index contributed by atoms with van der Waals surface area (Å²) < 4.78 is 2.39. The van der Waals surface area contributed by atoms with Crippen molar-refractivity contribution in [1.29, 1.82) is 0 Å². The van der Waals surface area contributed by atoms with Crippen LogP contribution in [0.15, 0.2) is 158 Å². The van der Waals surface area contributed by atoms with Gasteiger partial charge in [0.15, 0.2) is 0 Å². The SMILES string of the molecule is c1ccc(-n2c3ccccc3c3c4cccnc4c(-c4ccc(-c5ccc6c7c(cccc57)-c5ccccc5-6)cc4)cc32)cc1. The van der Waals surface area contributed by atoms with Crippen molar-refractivity contribution >= 4 is 43.5 Å². The smallest absolute Gasteiger partial charge is 0.0788 e. The number of benzene rings is 7. The molecule has 0 bridgehead atoms. The molecule has 0 radical (unpaired) electrons. The fourth-order valence-corrected chi connectivity index (χ4v) is 7.67. The molecule has 0 unspecified atom stereocenters. The summed E-state index contributed by atoms with van der Waals surface area (Å²) in [6, 6.07) is 55.1. The standard InChI is InChI=1S/C43H26N2/c1-2-10-29(11-3-1)45-39-18-7-6-14-36(39)42-37-17-9-25-44-43(37)38(26-40(42)45)28-21-19-27(20-22-28)30-23-24-35-32-13-5-4-12-31(32)34-16-8-15-33(30)41(34)35/h1-26H. The van der Waals surface area contributed by atoms with Gasteiger partial charge in [0.05, 0.1) is 16.6 Å². The molecule has 2 heteroatoms. The van der Waals surface area contributed by atoms with Gasteiger partial charge in [-0.05, 0) is 80.0 Å². The molecule has 9 aromatic rings. The minimum absolute atomic E-state index is 1.02. The molecule has 2 nitrogen and oxygen atoms in total. The van der Waals surface area contributed by atoms with Crippen LogP contribution in [0.3, 0.4) is 0 Å². The molecular formula is C43H26N2. The van der Waals surface area contributed by atoms with Gasteiger partial charge in [0.1, 0.15) is 0 Å². The van der Waals surface area contributed by atoms with Crippen molar-refractivity contribution in [3.63, 3.8) is 0 Å². The molecule has 208 valence electrons. The number of para-hydroxylation sites is 2. The summed E-state index contributed by atoms with van der Waals surface area (Å²) in [5.74, 6) is 0. The lowest BCUT2D eigenvalue weighted by atomic mass is 9.92. The molecule has 45 heavy (non-hydrogen) atoms. The maximum Gasteiger partial charge on any atom is 0.0788 e. The predicted octanol–water partition coefficient (Wildman–Crippen LogP) is 11.5. The van der Waals surface area contributed by atoms with E-state index in [1.54, 1.807) is 0 Å². The second-order valence-electron chi connectivity index (χ2n) is 11.9. The van der Waals surface area contributed by atoms with E-state index in [4.69, 9.17) is 4.98 Å². The van der Waals surface area contributed by atoms with Gasteiger partial charge in [0, 0.05) is 33.6 Å². The highest BCUT2D eigenvalue weighted by molar-refractivity contribution is 6.23. The van der Waals surface area contributed by atoms with Crippen molar-refractivity contribution in [3.05, 3.63) is 158 Å². The monoisotopic (exact) mass is 570 g/mol. The van der Waals surface area contributed by atoms with E-state index in [1.807, 2.05) is 6.20 Å². The van der Waals surface area contributed by atoms with Crippen LogP contribution in [-0.2, 0) is 0 Å². The highest BCUT2D eigenvalue weighted by Gasteiger charge is 2.22. The van der Waals surface area contributed by atoms with Crippen molar-refractivity contribution in [3.8, 4) is 50.2 Å². The maximum absolute atomic E-state index is 4.95. The van der Waals surface area contributed by atoms with Crippen LogP contribution >= 0.6 is 0 Å². The van der Waals surface area contributed by atoms with Gasteiger partial charge in [-0.25, -0.2) is 0 Å². The quantitative estimate of drug-likeness (QED) is 0.207. The van der Waals surface area contributed by atoms with Crippen molar-refractivity contribution < 1.29 is 0 Å². The maximum atomic E-state index is 4.95. The number of hydrogen-bond donors (Lipinski definition) is 0. The lowest BCUT2D eigenvalue weighted by molar-refractivity contribution is 1.18. The van der Waals surface area contributed by atoms with Crippen LogP contribution in [0.4, 0.5) is 0 Å². The zero-order valence-corrected chi connectivity index (χ0v) is 24.4. The van der Waals surface area contributed by atoms with E-state index in [0.717, 1.165) is 22.3 Å². The normalized spacial score (nSPS) is 12.0. The molecule has 0 spiro atoms. The molecular weight excluding hydrogens is 544 g/mol. The third-order valence-corrected chi connectivity index (χ3v) is 9.59. The number of pyridine rings is 1. The summed E-state index contributed by atoms with van der Waals surface area (Å²) in [7, 11) is 0. The van der Waals surface area contributed by atoms with E-state index in [1.165, 1.54) is 71.3 Å². The van der Waals surface area contributed by atoms with Gasteiger partial charge in [0.2, 0.25) is 0 Å². The Labute approximate surface area is 260 Å². The van der Waals surface area contributed by atoms with Gasteiger partial charge in [-0.1, -0.05) is 121 Å². The fourth-order valence-electron chi connectivity index (χ4n) is 7.67. The summed E-state index contributed by atoms with van der Waals surface area (Å²) >= 11 is 0. The molecule has 0 N–H and O–H groups in total. The number of rotatable bonds is 3. The summed E-state index contributed by atoms with van der Waals surface area (Å²) in [5, 5.41) is 6.31. The highest BCUT2D eigenvalue weighted by Crippen LogP contribution is 2.49. The third-order valence-electron chi connectivity index (χ3n) is 9.59. The van der Waals surface area contributed by atoms with Gasteiger partial charge < -0.3 is 4.57 Å². The van der Waals surface area contributed by atoms with E-state index in [0.29, 0.717) is 0 Å². The summed E-state index contributed by atoms with van der Waals surface area (Å²) in [5.41, 5.74) is 14.7. The molecule has 1 aliphatic carbocycles. The highest BCUT2D eigenvalue weighted by atomic mass is 15.0. The Balaban J connectivity index is 1.18. The van der Waals surface area contributed by atoms with Gasteiger partial charge >= 0.3 is 0 Å². The van der Waals surface area contributed by atoms with Gasteiger partial charge in [-0.15, -0.1) is 0 Å². The first kappa shape index (κ1) is 24.5. The molecule has 1 aliphatic rings. The van der Waals surface area contributed by atoms with Crippen LogP contribution in [-0.4, -0.2) is 9.55 Å². The Kier molecular flexibility index (Phi) is 5.03. The third kappa shape index (κ3) is 3.42. The number of fused-ring (bicyclic) bond motifs is 8. The van der Waals surface area contributed by atoms with E-state index < -0.39 is 0 Å². The van der Waals surface area contributed by atoms with Gasteiger partial charge in [-0.3, -0.25) is 4.98 Å². The molecule has 0 atom stereocenters. The first-order valence-electron chi connectivity index (χ1n) is 15.5. The Hall–Kier alpha value is -5.99. The van der Waals surface area contributed by atoms with Gasteiger partial charge in [0.25, 0.3) is 0 Å². The second kappa shape index (κ2) is 9.25. The Bertz CT molecular complexity index is 2600. The van der Waals surface area contributed by atoms with Crippen LogP contribution in [0.1, 0.15) is 0 Å². The number of aromatic nitrogens is 2. The molecule has 0 saturated heterocycles. The molecule has 10 rings (SSSR count). The van der Waals surface area contributed by atoms with E-state index in [9.17, 15) is 0 Å². The van der Waals surface area contributed by atoms with Gasteiger partial charge in [-0.2, -0.15) is 0 Å². The average molecular weight is 571 g/mol. The molecule has 0 amide bonds. The number of hydrogen-bond acceptors (Lipinski definition) is 1. The summed E-state index contributed by atoms with van der Waals surface area (Å²) in [6.45, 7) is 0. The summed E-state index contributed by atoms with van der Waals surface area (Å²) in [6.07, 6.45) is 1.91. The van der Waals surface area contributed by atoms with E-state index in [2.05, 4.69) is 156 Å². The summed E-state index contributed by atoms with van der Waals surface area (Å²) in [4.78, 5) is 4.95. The van der Waals surface area contributed by atoms with Crippen LogP contribution in [0.5, 0.6) is 0 Å². The largest absolute Gasteiger partial charge is 0.309 e. The predicted molar refractivity (Wildman–Crippen MR) is 189 cm³/mol. The minimum Gasteiger partial charge on any atom is -0.309 e.